The number of likely N-dealkylation sites (tertiary alicyclic amines) is 2. The number of β-amino-alcohol motifs (C(OH)–C–C–N with tert-alkyl or cyclic N) is 1. The number of hydrogen-bond donors (Lipinski definition) is 3. The van der Waals surface area contributed by atoms with Crippen LogP contribution in [0.25, 0.3) is 0 Å². The second kappa shape index (κ2) is 11.1. The number of nitrogens with one attached hydrogen (secondary N) is 1. The van der Waals surface area contributed by atoms with Gasteiger partial charge in [-0.25, -0.2) is 4.79 Å². The zero-order chi connectivity index (χ0) is 25.8. The summed E-state index contributed by atoms with van der Waals surface area (Å²) in [6.07, 6.45) is 5.50. The van der Waals surface area contributed by atoms with Crippen LogP contribution in [-0.4, -0.2) is 76.2 Å². The minimum atomic E-state index is -0.812. The molecule has 0 unspecified atom stereocenters. The molecule has 3 rings (SSSR count). The van der Waals surface area contributed by atoms with Crippen LogP contribution in [0, 0.1) is 18.3 Å². The summed E-state index contributed by atoms with van der Waals surface area (Å²) < 4.78 is 5.42. The second-order valence-electron chi connectivity index (χ2n) is 10.3. The Hall–Kier alpha value is -3.09. The third kappa shape index (κ3) is 6.96. The molecule has 4 N–H and O–H groups in total. The van der Waals surface area contributed by atoms with Crippen molar-refractivity contribution in [1.82, 2.24) is 15.1 Å². The van der Waals surface area contributed by atoms with Gasteiger partial charge in [0.05, 0.1) is 12.1 Å². The topological polar surface area (TPSA) is 125 Å². The predicted molar refractivity (Wildman–Crippen MR) is 131 cm³/mol. The monoisotopic (exact) mass is 484 g/mol. The second-order valence-corrected chi connectivity index (χ2v) is 10.3. The van der Waals surface area contributed by atoms with Gasteiger partial charge in [0.15, 0.2) is 0 Å². The van der Waals surface area contributed by atoms with Gasteiger partial charge in [-0.15, -0.1) is 6.42 Å². The molecule has 2 saturated heterocycles. The number of amides is 3. The fourth-order valence-corrected chi connectivity index (χ4v) is 4.49. The molecule has 35 heavy (non-hydrogen) atoms. The smallest absolute Gasteiger partial charge is 0.410 e. The van der Waals surface area contributed by atoms with Gasteiger partial charge < -0.3 is 30.7 Å². The molecule has 2 aliphatic rings. The molecule has 190 valence electrons. The molecule has 2 heterocycles. The van der Waals surface area contributed by atoms with Crippen molar-refractivity contribution in [2.24, 2.45) is 11.7 Å². The van der Waals surface area contributed by atoms with E-state index in [1.54, 1.807) is 17.0 Å². The van der Waals surface area contributed by atoms with Crippen LogP contribution in [-0.2, 0) is 20.9 Å². The molecule has 0 aliphatic carbocycles. The number of carbonyl (C=O) groups excluding carboxylic acids is 3. The van der Waals surface area contributed by atoms with Crippen molar-refractivity contribution in [3.8, 4) is 12.3 Å². The zero-order valence-corrected chi connectivity index (χ0v) is 20.7. The van der Waals surface area contributed by atoms with Crippen molar-refractivity contribution in [1.29, 1.82) is 0 Å². The van der Waals surface area contributed by atoms with Crippen molar-refractivity contribution >= 4 is 17.9 Å². The van der Waals surface area contributed by atoms with Crippen LogP contribution < -0.4 is 11.1 Å². The van der Waals surface area contributed by atoms with E-state index in [4.69, 9.17) is 16.9 Å². The van der Waals surface area contributed by atoms with E-state index in [0.717, 1.165) is 11.1 Å². The summed E-state index contributed by atoms with van der Waals surface area (Å²) in [6, 6.07) is 5.67. The highest BCUT2D eigenvalue weighted by Gasteiger charge is 2.42. The number of rotatable bonds is 5. The van der Waals surface area contributed by atoms with E-state index in [0.29, 0.717) is 25.9 Å². The number of benzene rings is 1. The first-order chi connectivity index (χ1) is 16.5. The highest BCUT2D eigenvalue weighted by molar-refractivity contribution is 5.90. The molecule has 0 spiro atoms. The molecule has 9 nitrogen and oxygen atoms in total. The summed E-state index contributed by atoms with van der Waals surface area (Å²) >= 11 is 0. The molecule has 0 radical (unpaired) electrons. The number of nitrogens with two attached hydrogens (primary N) is 1. The van der Waals surface area contributed by atoms with Crippen LogP contribution in [0.2, 0.25) is 0 Å². The van der Waals surface area contributed by atoms with Crippen LogP contribution in [0.5, 0.6) is 0 Å². The van der Waals surface area contributed by atoms with Gasteiger partial charge in [-0.05, 0) is 57.2 Å². The van der Waals surface area contributed by atoms with Crippen molar-refractivity contribution in [3.63, 3.8) is 0 Å². The maximum Gasteiger partial charge on any atom is 0.410 e. The molecule has 0 saturated carbocycles. The summed E-state index contributed by atoms with van der Waals surface area (Å²) in [6.45, 7) is 6.71. The first-order valence-corrected chi connectivity index (χ1v) is 12.0. The van der Waals surface area contributed by atoms with Gasteiger partial charge in [-0.2, -0.15) is 0 Å². The largest absolute Gasteiger partial charge is 0.444 e. The summed E-state index contributed by atoms with van der Waals surface area (Å²) in [7, 11) is 0. The van der Waals surface area contributed by atoms with Crippen molar-refractivity contribution in [2.75, 3.05) is 19.6 Å². The van der Waals surface area contributed by atoms with E-state index in [2.05, 4.69) is 11.2 Å². The Kier molecular flexibility index (Phi) is 8.41. The lowest BCUT2D eigenvalue weighted by atomic mass is 9.89. The van der Waals surface area contributed by atoms with Gasteiger partial charge in [0.2, 0.25) is 11.8 Å². The van der Waals surface area contributed by atoms with Crippen molar-refractivity contribution in [2.45, 2.75) is 70.4 Å². The molecule has 1 aromatic rings. The van der Waals surface area contributed by atoms with E-state index < -0.39 is 23.8 Å². The molecule has 3 amide bonds. The first-order valence-electron chi connectivity index (χ1n) is 12.0. The molecule has 0 bridgehead atoms. The Morgan fingerprint density at radius 2 is 1.86 bits per heavy atom. The first kappa shape index (κ1) is 26.5. The molecule has 1 aromatic carbocycles. The zero-order valence-electron chi connectivity index (χ0n) is 20.7. The summed E-state index contributed by atoms with van der Waals surface area (Å²) in [4.78, 5) is 41.4. The third-order valence-electron chi connectivity index (χ3n) is 6.44. The quantitative estimate of drug-likeness (QED) is 0.540. The lowest BCUT2D eigenvalue weighted by Gasteiger charge is -2.36. The van der Waals surface area contributed by atoms with Gasteiger partial charge >= 0.3 is 6.09 Å². The Bertz CT molecular complexity index is 957. The summed E-state index contributed by atoms with van der Waals surface area (Å²) in [5.74, 6) is 1.74. The van der Waals surface area contributed by atoms with Gasteiger partial charge in [0.25, 0.3) is 0 Å². The minimum Gasteiger partial charge on any atom is -0.444 e. The lowest BCUT2D eigenvalue weighted by Crippen LogP contribution is -2.55. The van der Waals surface area contributed by atoms with Crippen LogP contribution in [0.15, 0.2) is 24.3 Å². The highest BCUT2D eigenvalue weighted by atomic mass is 16.6. The lowest BCUT2D eigenvalue weighted by molar-refractivity contribution is -0.140. The molecule has 2 aliphatic heterocycles. The third-order valence-corrected chi connectivity index (χ3v) is 6.44. The molecular weight excluding hydrogens is 448 g/mol. The summed E-state index contributed by atoms with van der Waals surface area (Å²) in [5, 5.41) is 13.0. The average Bonchev–Trinajstić information content (AvgIpc) is 3.22. The Labute approximate surface area is 207 Å². The van der Waals surface area contributed by atoms with Gasteiger partial charge in [-0.1, -0.05) is 18.1 Å². The number of aliphatic hydroxyl groups excluding tert-OH is 1. The predicted octanol–water partition coefficient (Wildman–Crippen LogP) is 1.22. The van der Waals surface area contributed by atoms with Crippen LogP contribution in [0.4, 0.5) is 4.79 Å². The molecule has 3 atom stereocenters. The van der Waals surface area contributed by atoms with E-state index in [1.807, 2.05) is 32.9 Å². The SMILES string of the molecule is C#Cc1ccc(CNC(=O)[C@@H]2C[C@@H](O)CN2C(=O)[C@@H](N)C2CCN(C(=O)OC(C)(C)C)CC2)cc1. The van der Waals surface area contributed by atoms with Crippen molar-refractivity contribution in [3.05, 3.63) is 35.4 Å². The fraction of sp³-hybridized carbons (Fsp3) is 0.577. The van der Waals surface area contributed by atoms with Gasteiger partial charge in [0.1, 0.15) is 11.6 Å². The average molecular weight is 485 g/mol. The van der Waals surface area contributed by atoms with Gasteiger partial charge in [0, 0.05) is 38.2 Å². The number of nitrogens with zero attached hydrogens (tertiary/aromatic N) is 2. The Morgan fingerprint density at radius 1 is 1.23 bits per heavy atom. The number of aliphatic hydroxyl groups is 1. The van der Waals surface area contributed by atoms with Crippen LogP contribution in [0.3, 0.4) is 0 Å². The Balaban J connectivity index is 1.55. The number of terminal acetylenes is 1. The van der Waals surface area contributed by atoms with Crippen LogP contribution in [0.1, 0.15) is 51.2 Å². The van der Waals surface area contributed by atoms with E-state index in [-0.39, 0.29) is 43.3 Å². The standard InChI is InChI=1S/C26H36N4O5/c1-5-17-6-8-18(9-7-17)15-28-23(32)21-14-20(31)16-30(21)24(33)22(27)19-10-12-29(13-11-19)25(34)35-26(2,3)4/h1,6-9,19-22,31H,10-16,27H2,2-4H3,(H,28,32)/t20-,21+,22+/m1/s1. The Morgan fingerprint density at radius 3 is 2.43 bits per heavy atom. The van der Waals surface area contributed by atoms with E-state index in [9.17, 15) is 19.5 Å². The van der Waals surface area contributed by atoms with E-state index in [1.165, 1.54) is 4.90 Å². The number of hydrogen-bond acceptors (Lipinski definition) is 6. The van der Waals surface area contributed by atoms with Gasteiger partial charge in [-0.3, -0.25) is 9.59 Å². The fourth-order valence-electron chi connectivity index (χ4n) is 4.49. The molecule has 0 aromatic heterocycles. The van der Waals surface area contributed by atoms with E-state index >= 15 is 0 Å². The van der Waals surface area contributed by atoms with Crippen molar-refractivity contribution < 1.29 is 24.2 Å². The summed E-state index contributed by atoms with van der Waals surface area (Å²) in [5.41, 5.74) is 7.40. The number of carbonyl (C=O) groups is 3. The maximum atomic E-state index is 13.2. The number of ether oxygens (including phenoxy) is 1. The highest BCUT2D eigenvalue weighted by Crippen LogP contribution is 2.26. The minimum absolute atomic E-state index is 0.0677. The molecule has 9 heteroatoms. The number of piperidine rings is 1. The molecular formula is C26H36N4O5. The normalized spacial score (nSPS) is 21.8. The van der Waals surface area contributed by atoms with Crippen LogP contribution >= 0.6 is 0 Å². The molecule has 2 fully saturated rings. The maximum absolute atomic E-state index is 13.2.